The minimum absolute atomic E-state index is 0.164. The predicted octanol–water partition coefficient (Wildman–Crippen LogP) is 9.15. The third kappa shape index (κ3) is 10.1. The first-order valence-electron chi connectivity index (χ1n) is 20.7. The van der Waals surface area contributed by atoms with Crippen molar-refractivity contribution in [3.63, 3.8) is 0 Å². The molecule has 1 aromatic heterocycles. The van der Waals surface area contributed by atoms with Crippen molar-refractivity contribution in [1.29, 1.82) is 5.26 Å². The lowest BCUT2D eigenvalue weighted by molar-refractivity contribution is -0.144. The third-order valence-corrected chi connectivity index (χ3v) is 12.6. The average molecular weight is 807 g/mol. The molecule has 3 aliphatic heterocycles. The van der Waals surface area contributed by atoms with Crippen LogP contribution >= 0.6 is 11.6 Å². The highest BCUT2D eigenvalue weighted by Crippen LogP contribution is 2.40. The molecule has 0 amide bonds. The number of carbonyl (C=O) groups is 1. The largest absolute Gasteiger partial charge is 0.493 e. The fraction of sp³-hybridized carbons (Fsp3) is 0.468. The summed E-state index contributed by atoms with van der Waals surface area (Å²) in [5.74, 6) is 1.07. The lowest BCUT2D eigenvalue weighted by Crippen LogP contribution is -2.44. The van der Waals surface area contributed by atoms with Gasteiger partial charge in [-0.25, -0.2) is 0 Å². The van der Waals surface area contributed by atoms with E-state index in [1.54, 1.807) is 18.3 Å². The number of benzene rings is 3. The minimum Gasteiger partial charge on any atom is -0.493 e. The standard InChI is InChI=1S/C47H55ClN4O6/c1-33-37(9-5-10-39(33)40-11-6-13-43(34(40)2)56-22-8-17-51-19-15-47(16-20-51)14-7-21-55-32-47)31-58-45-25-44(57-30-36-23-35(26-49)27-50-28-36)38(24-41(45)48)29-52-18-4-3-12-42(52)46(53)54/h5-6,9-11,13,23-25,27-28,42H,3-4,7-8,12,14-22,29-32H2,1-2H3,(H,53,54)/t42-/m0/s1. The van der Waals surface area contributed by atoms with Crippen molar-refractivity contribution in [2.24, 2.45) is 5.41 Å². The normalized spacial score (nSPS) is 18.4. The molecular formula is C47H55ClN4O6. The summed E-state index contributed by atoms with van der Waals surface area (Å²) in [6.07, 6.45) is 11.5. The summed E-state index contributed by atoms with van der Waals surface area (Å²) in [5, 5.41) is 19.7. The van der Waals surface area contributed by atoms with Crippen LogP contribution < -0.4 is 14.2 Å². The molecule has 58 heavy (non-hydrogen) atoms. The Labute approximate surface area is 347 Å². The molecule has 4 aromatic rings. The van der Waals surface area contributed by atoms with Crippen LogP contribution in [-0.4, -0.2) is 77.9 Å². The number of aromatic nitrogens is 1. The number of halogens is 1. The molecule has 11 heteroatoms. The Morgan fingerprint density at radius 2 is 1.71 bits per heavy atom. The van der Waals surface area contributed by atoms with Crippen LogP contribution in [0.5, 0.6) is 17.2 Å². The van der Waals surface area contributed by atoms with E-state index in [9.17, 15) is 15.2 Å². The molecule has 0 aliphatic carbocycles. The van der Waals surface area contributed by atoms with Crippen LogP contribution in [0.3, 0.4) is 0 Å². The summed E-state index contributed by atoms with van der Waals surface area (Å²) >= 11 is 6.89. The van der Waals surface area contributed by atoms with E-state index in [1.807, 2.05) is 11.0 Å². The second kappa shape index (κ2) is 19.4. The van der Waals surface area contributed by atoms with Gasteiger partial charge in [-0.3, -0.25) is 14.7 Å². The molecular weight excluding hydrogens is 752 g/mol. The Morgan fingerprint density at radius 1 is 0.914 bits per heavy atom. The molecule has 0 bridgehead atoms. The number of nitrogens with zero attached hydrogens (tertiary/aromatic N) is 4. The second-order valence-electron chi connectivity index (χ2n) is 16.2. The van der Waals surface area contributed by atoms with E-state index in [0.717, 1.165) is 96.8 Å². The Bertz CT molecular complexity index is 2090. The smallest absolute Gasteiger partial charge is 0.320 e. The first-order valence-corrected chi connectivity index (χ1v) is 21.1. The van der Waals surface area contributed by atoms with Crippen molar-refractivity contribution < 1.29 is 28.8 Å². The minimum atomic E-state index is -0.827. The molecule has 0 unspecified atom stereocenters. The lowest BCUT2D eigenvalue weighted by Gasteiger charge is -2.43. The molecule has 1 atom stereocenters. The van der Waals surface area contributed by atoms with Crippen LogP contribution in [0.15, 0.2) is 67.0 Å². The number of pyridine rings is 1. The molecule has 4 heterocycles. The molecule has 306 valence electrons. The predicted molar refractivity (Wildman–Crippen MR) is 224 cm³/mol. The van der Waals surface area contributed by atoms with Gasteiger partial charge >= 0.3 is 5.97 Å². The van der Waals surface area contributed by atoms with Gasteiger partial charge in [0.05, 0.1) is 23.8 Å². The molecule has 3 aliphatic rings. The van der Waals surface area contributed by atoms with Crippen molar-refractivity contribution in [2.45, 2.75) is 91.0 Å². The Morgan fingerprint density at radius 3 is 2.48 bits per heavy atom. The van der Waals surface area contributed by atoms with E-state index in [-0.39, 0.29) is 13.2 Å². The maximum Gasteiger partial charge on any atom is 0.320 e. The van der Waals surface area contributed by atoms with Crippen LogP contribution in [0, 0.1) is 30.6 Å². The van der Waals surface area contributed by atoms with Crippen molar-refractivity contribution in [1.82, 2.24) is 14.8 Å². The highest BCUT2D eigenvalue weighted by molar-refractivity contribution is 6.32. The number of hydrogen-bond acceptors (Lipinski definition) is 9. The highest BCUT2D eigenvalue weighted by Gasteiger charge is 2.36. The van der Waals surface area contributed by atoms with Crippen LogP contribution in [0.25, 0.3) is 11.1 Å². The second-order valence-corrected chi connectivity index (χ2v) is 16.6. The van der Waals surface area contributed by atoms with Gasteiger partial charge in [0.15, 0.2) is 0 Å². The van der Waals surface area contributed by atoms with E-state index in [4.69, 9.17) is 30.5 Å². The fourth-order valence-electron chi connectivity index (χ4n) is 8.79. The first-order chi connectivity index (χ1) is 28.2. The fourth-order valence-corrected chi connectivity index (χ4v) is 9.03. The maximum absolute atomic E-state index is 12.1. The zero-order valence-corrected chi connectivity index (χ0v) is 34.6. The van der Waals surface area contributed by atoms with Gasteiger partial charge in [0.1, 0.15) is 42.6 Å². The van der Waals surface area contributed by atoms with Crippen LogP contribution in [0.1, 0.15) is 84.7 Å². The summed E-state index contributed by atoms with van der Waals surface area (Å²) in [4.78, 5) is 20.8. The van der Waals surface area contributed by atoms with Gasteiger partial charge in [-0.05, 0) is 130 Å². The summed E-state index contributed by atoms with van der Waals surface area (Å²) < 4.78 is 25.0. The van der Waals surface area contributed by atoms with Crippen molar-refractivity contribution >= 4 is 17.6 Å². The summed E-state index contributed by atoms with van der Waals surface area (Å²) in [7, 11) is 0. The number of piperidine rings is 2. The summed E-state index contributed by atoms with van der Waals surface area (Å²) in [6.45, 7) is 11.6. The number of nitriles is 1. The number of carboxylic acids is 1. The molecule has 3 fully saturated rings. The first kappa shape index (κ1) is 41.5. The van der Waals surface area contributed by atoms with E-state index in [2.05, 4.69) is 66.2 Å². The average Bonchev–Trinajstić information content (AvgIpc) is 3.24. The third-order valence-electron chi connectivity index (χ3n) is 12.3. The van der Waals surface area contributed by atoms with Gasteiger partial charge in [-0.15, -0.1) is 0 Å². The van der Waals surface area contributed by atoms with Gasteiger partial charge in [0, 0.05) is 49.3 Å². The Hall–Kier alpha value is -4.66. The van der Waals surface area contributed by atoms with Crippen molar-refractivity contribution in [3.8, 4) is 34.4 Å². The molecule has 1 spiro atoms. The highest BCUT2D eigenvalue weighted by atomic mass is 35.5. The topological polar surface area (TPSA) is 117 Å². The number of rotatable bonds is 15. The quantitative estimate of drug-likeness (QED) is 0.117. The SMILES string of the molecule is Cc1c(COc2cc(OCc3cncc(C#N)c3)c(CN3CCCC[C@H]3C(=O)O)cc2Cl)cccc1-c1cccc(OCCCN2CCC3(CCCOC3)CC2)c1C. The van der Waals surface area contributed by atoms with Crippen molar-refractivity contribution in [2.75, 3.05) is 46.0 Å². The van der Waals surface area contributed by atoms with Crippen LogP contribution in [-0.2, 0) is 29.3 Å². The van der Waals surface area contributed by atoms with Gasteiger partial charge in [-0.1, -0.05) is 48.4 Å². The maximum atomic E-state index is 12.1. The molecule has 1 N–H and O–H groups in total. The number of carboxylic acid groups (broad SMARTS) is 1. The number of hydrogen-bond donors (Lipinski definition) is 1. The Balaban J connectivity index is 1.02. The molecule has 3 saturated heterocycles. The molecule has 3 aromatic carbocycles. The zero-order chi connectivity index (χ0) is 40.5. The molecule has 0 saturated carbocycles. The number of likely N-dealkylation sites (tertiary alicyclic amines) is 2. The number of aliphatic carboxylic acids is 1. The lowest BCUT2D eigenvalue weighted by atomic mass is 9.74. The van der Waals surface area contributed by atoms with Crippen LogP contribution in [0.4, 0.5) is 0 Å². The monoisotopic (exact) mass is 806 g/mol. The van der Waals surface area contributed by atoms with Crippen molar-refractivity contribution in [3.05, 3.63) is 105 Å². The van der Waals surface area contributed by atoms with Gasteiger partial charge < -0.3 is 29.0 Å². The van der Waals surface area contributed by atoms with E-state index in [1.165, 1.54) is 31.9 Å². The molecule has 10 nitrogen and oxygen atoms in total. The molecule has 0 radical (unpaired) electrons. The van der Waals surface area contributed by atoms with E-state index < -0.39 is 12.0 Å². The Kier molecular flexibility index (Phi) is 13.9. The van der Waals surface area contributed by atoms with Gasteiger partial charge in [0.2, 0.25) is 0 Å². The van der Waals surface area contributed by atoms with Crippen LogP contribution in [0.2, 0.25) is 5.02 Å². The van der Waals surface area contributed by atoms with E-state index in [0.29, 0.717) is 53.6 Å². The summed E-state index contributed by atoms with van der Waals surface area (Å²) in [5.41, 5.74) is 7.83. The zero-order valence-electron chi connectivity index (χ0n) is 33.8. The van der Waals surface area contributed by atoms with Gasteiger partial charge in [-0.2, -0.15) is 5.26 Å². The summed E-state index contributed by atoms with van der Waals surface area (Å²) in [6, 6.07) is 19.4. The molecule has 7 rings (SSSR count). The van der Waals surface area contributed by atoms with Gasteiger partial charge in [0.25, 0.3) is 0 Å². The van der Waals surface area contributed by atoms with E-state index >= 15 is 0 Å². The number of ether oxygens (including phenoxy) is 4.